The molecule has 0 spiro atoms. The van der Waals surface area contributed by atoms with E-state index in [9.17, 15) is 14.4 Å². The SMILES string of the molecule is CCCCC(NC(=O)CNC(=O)OCc1ccccc1)C(=O)O. The fraction of sp³-hybridized carbons (Fsp3) is 0.438. The average Bonchev–Trinajstić information content (AvgIpc) is 2.55. The molecule has 3 N–H and O–H groups in total. The third-order valence-electron chi connectivity index (χ3n) is 3.09. The number of nitrogens with one attached hydrogen (secondary N) is 2. The van der Waals surface area contributed by atoms with Gasteiger partial charge in [0, 0.05) is 0 Å². The molecule has 0 saturated carbocycles. The number of carboxylic acids is 1. The van der Waals surface area contributed by atoms with Crippen LogP contribution in [0.2, 0.25) is 0 Å². The summed E-state index contributed by atoms with van der Waals surface area (Å²) in [4.78, 5) is 34.1. The zero-order valence-electron chi connectivity index (χ0n) is 13.1. The number of carbonyl (C=O) groups excluding carboxylic acids is 2. The van der Waals surface area contributed by atoms with Gasteiger partial charge >= 0.3 is 12.1 Å². The van der Waals surface area contributed by atoms with E-state index in [1.165, 1.54) is 0 Å². The molecule has 0 heterocycles. The van der Waals surface area contributed by atoms with Gasteiger partial charge in [-0.3, -0.25) is 4.79 Å². The minimum absolute atomic E-state index is 0.0997. The zero-order valence-corrected chi connectivity index (χ0v) is 13.1. The van der Waals surface area contributed by atoms with Gasteiger partial charge in [-0.2, -0.15) is 0 Å². The fourth-order valence-corrected chi connectivity index (χ4v) is 1.84. The van der Waals surface area contributed by atoms with Crippen molar-refractivity contribution in [3.05, 3.63) is 35.9 Å². The summed E-state index contributed by atoms with van der Waals surface area (Å²) in [5.41, 5.74) is 0.831. The summed E-state index contributed by atoms with van der Waals surface area (Å²) in [5.74, 6) is -1.65. The molecule has 7 heteroatoms. The molecule has 0 aliphatic carbocycles. The smallest absolute Gasteiger partial charge is 0.407 e. The summed E-state index contributed by atoms with van der Waals surface area (Å²) in [5, 5.41) is 13.7. The van der Waals surface area contributed by atoms with Crippen LogP contribution in [0.4, 0.5) is 4.79 Å². The topological polar surface area (TPSA) is 105 Å². The summed E-state index contributed by atoms with van der Waals surface area (Å²) >= 11 is 0. The Morgan fingerprint density at radius 2 is 1.91 bits per heavy atom. The number of rotatable bonds is 9. The van der Waals surface area contributed by atoms with Crippen molar-refractivity contribution in [3.8, 4) is 0 Å². The van der Waals surface area contributed by atoms with E-state index in [2.05, 4.69) is 10.6 Å². The maximum absolute atomic E-state index is 11.7. The molecule has 1 aromatic rings. The molecule has 0 aliphatic rings. The molecule has 1 rings (SSSR count). The summed E-state index contributed by atoms with van der Waals surface area (Å²) < 4.78 is 4.95. The first-order valence-electron chi connectivity index (χ1n) is 7.49. The average molecular weight is 322 g/mol. The van der Waals surface area contributed by atoms with Crippen LogP contribution in [-0.2, 0) is 20.9 Å². The fourth-order valence-electron chi connectivity index (χ4n) is 1.84. The molecule has 0 fully saturated rings. The number of aliphatic carboxylic acids is 1. The highest BCUT2D eigenvalue weighted by atomic mass is 16.5. The van der Waals surface area contributed by atoms with Crippen molar-refractivity contribution < 1.29 is 24.2 Å². The number of alkyl carbamates (subject to hydrolysis) is 1. The lowest BCUT2D eigenvalue weighted by Gasteiger charge is -2.14. The molecule has 0 saturated heterocycles. The van der Waals surface area contributed by atoms with Crippen LogP contribution in [0, 0.1) is 0 Å². The van der Waals surface area contributed by atoms with Crippen molar-refractivity contribution in [1.29, 1.82) is 0 Å². The normalized spacial score (nSPS) is 11.3. The summed E-state index contributed by atoms with van der Waals surface area (Å²) in [6.07, 6.45) is 1.16. The van der Waals surface area contributed by atoms with Gasteiger partial charge in [0.25, 0.3) is 0 Å². The van der Waals surface area contributed by atoms with Crippen molar-refractivity contribution in [2.75, 3.05) is 6.54 Å². The number of hydrogen-bond acceptors (Lipinski definition) is 4. The zero-order chi connectivity index (χ0) is 17.1. The van der Waals surface area contributed by atoms with Crippen molar-refractivity contribution in [3.63, 3.8) is 0 Å². The Morgan fingerprint density at radius 1 is 1.22 bits per heavy atom. The molecule has 1 aromatic carbocycles. The first-order chi connectivity index (χ1) is 11.0. The second kappa shape index (κ2) is 10.2. The Labute approximate surface area is 135 Å². The lowest BCUT2D eigenvalue weighted by Crippen LogP contribution is -2.45. The van der Waals surface area contributed by atoms with Gasteiger partial charge in [0.1, 0.15) is 19.2 Å². The maximum atomic E-state index is 11.7. The van der Waals surface area contributed by atoms with Gasteiger partial charge in [0.2, 0.25) is 5.91 Å². The minimum Gasteiger partial charge on any atom is -0.480 e. The molecule has 1 unspecified atom stereocenters. The van der Waals surface area contributed by atoms with Gasteiger partial charge in [0.15, 0.2) is 0 Å². The van der Waals surface area contributed by atoms with E-state index in [0.717, 1.165) is 12.0 Å². The number of ether oxygens (including phenoxy) is 1. The predicted octanol–water partition coefficient (Wildman–Crippen LogP) is 1.67. The number of hydrogen-bond donors (Lipinski definition) is 3. The van der Waals surface area contributed by atoms with Crippen LogP contribution in [0.15, 0.2) is 30.3 Å². The molecule has 0 bridgehead atoms. The molecule has 7 nitrogen and oxygen atoms in total. The van der Waals surface area contributed by atoms with E-state index in [0.29, 0.717) is 12.8 Å². The van der Waals surface area contributed by atoms with Gasteiger partial charge in [-0.25, -0.2) is 9.59 Å². The standard InChI is InChI=1S/C16H22N2O5/c1-2-3-9-13(15(20)21)18-14(19)10-17-16(22)23-11-12-7-5-4-6-8-12/h4-8,13H,2-3,9-11H2,1H3,(H,17,22)(H,18,19)(H,20,21). The molecule has 126 valence electrons. The monoisotopic (exact) mass is 322 g/mol. The molecule has 1 atom stereocenters. The van der Waals surface area contributed by atoms with Crippen LogP contribution in [0.3, 0.4) is 0 Å². The number of amides is 2. The third kappa shape index (κ3) is 7.85. The van der Waals surface area contributed by atoms with Gasteiger partial charge in [0.05, 0.1) is 0 Å². The van der Waals surface area contributed by atoms with E-state index in [1.54, 1.807) is 0 Å². The number of unbranched alkanes of at least 4 members (excludes halogenated alkanes) is 1. The molecular weight excluding hydrogens is 300 g/mol. The Bertz CT molecular complexity index is 518. The molecule has 0 radical (unpaired) electrons. The Morgan fingerprint density at radius 3 is 2.52 bits per heavy atom. The maximum Gasteiger partial charge on any atom is 0.407 e. The van der Waals surface area contributed by atoms with Crippen LogP contribution < -0.4 is 10.6 Å². The van der Waals surface area contributed by atoms with Crippen LogP contribution in [0.1, 0.15) is 31.7 Å². The van der Waals surface area contributed by atoms with E-state index in [-0.39, 0.29) is 13.2 Å². The van der Waals surface area contributed by atoms with Crippen LogP contribution in [0.5, 0.6) is 0 Å². The number of benzene rings is 1. The second-order valence-corrected chi connectivity index (χ2v) is 5.02. The second-order valence-electron chi connectivity index (χ2n) is 5.02. The van der Waals surface area contributed by atoms with Crippen molar-refractivity contribution in [2.24, 2.45) is 0 Å². The first-order valence-corrected chi connectivity index (χ1v) is 7.49. The highest BCUT2D eigenvalue weighted by molar-refractivity contribution is 5.86. The molecular formula is C16H22N2O5. The minimum atomic E-state index is -1.08. The van der Waals surface area contributed by atoms with Crippen molar-refractivity contribution in [2.45, 2.75) is 38.8 Å². The molecule has 0 aliphatic heterocycles. The van der Waals surface area contributed by atoms with E-state index < -0.39 is 24.0 Å². The summed E-state index contributed by atoms with van der Waals surface area (Å²) in [7, 11) is 0. The quantitative estimate of drug-likeness (QED) is 0.641. The van der Waals surface area contributed by atoms with E-state index >= 15 is 0 Å². The van der Waals surface area contributed by atoms with Crippen LogP contribution in [0.25, 0.3) is 0 Å². The third-order valence-corrected chi connectivity index (χ3v) is 3.09. The summed E-state index contributed by atoms with van der Waals surface area (Å²) in [6, 6.07) is 8.19. The lowest BCUT2D eigenvalue weighted by molar-refractivity contribution is -0.141. The van der Waals surface area contributed by atoms with Crippen molar-refractivity contribution in [1.82, 2.24) is 10.6 Å². The molecule has 23 heavy (non-hydrogen) atoms. The Balaban J connectivity index is 2.28. The predicted molar refractivity (Wildman–Crippen MR) is 83.7 cm³/mol. The highest BCUT2D eigenvalue weighted by Crippen LogP contribution is 2.01. The van der Waals surface area contributed by atoms with Crippen LogP contribution >= 0.6 is 0 Å². The Hall–Kier alpha value is -2.57. The summed E-state index contributed by atoms with van der Waals surface area (Å²) in [6.45, 7) is 1.71. The van der Waals surface area contributed by atoms with Gasteiger partial charge in [-0.15, -0.1) is 0 Å². The first kappa shape index (κ1) is 18.5. The van der Waals surface area contributed by atoms with E-state index in [4.69, 9.17) is 9.84 Å². The number of carboxylic acid groups (broad SMARTS) is 1. The molecule has 2 amide bonds. The van der Waals surface area contributed by atoms with Gasteiger partial charge < -0.3 is 20.5 Å². The Kier molecular flexibility index (Phi) is 8.20. The lowest BCUT2D eigenvalue weighted by atomic mass is 10.1. The number of carbonyl (C=O) groups is 3. The molecule has 0 aromatic heterocycles. The van der Waals surface area contributed by atoms with Crippen LogP contribution in [-0.4, -0.2) is 35.7 Å². The largest absolute Gasteiger partial charge is 0.480 e. The van der Waals surface area contributed by atoms with Gasteiger partial charge in [-0.1, -0.05) is 50.1 Å². The highest BCUT2D eigenvalue weighted by Gasteiger charge is 2.19. The van der Waals surface area contributed by atoms with Crippen molar-refractivity contribution >= 4 is 18.0 Å². The van der Waals surface area contributed by atoms with E-state index in [1.807, 2.05) is 37.3 Å². The van der Waals surface area contributed by atoms with Gasteiger partial charge in [-0.05, 0) is 12.0 Å².